The van der Waals surface area contributed by atoms with Crippen LogP contribution in [0.4, 0.5) is 4.79 Å². The first-order chi connectivity index (χ1) is 7.77. The Labute approximate surface area is 102 Å². The van der Waals surface area contributed by atoms with Gasteiger partial charge in [0.15, 0.2) is 0 Å². The number of hydrogen-bond acceptors (Lipinski definition) is 2. The highest BCUT2D eigenvalue weighted by Crippen LogP contribution is 2.27. The van der Waals surface area contributed by atoms with E-state index in [-0.39, 0.29) is 6.03 Å². The van der Waals surface area contributed by atoms with Crippen molar-refractivity contribution in [1.29, 1.82) is 0 Å². The molecular weight excluding hydrogens is 220 g/mol. The summed E-state index contributed by atoms with van der Waals surface area (Å²) in [5.74, 6) is -0.988. The number of hydrogen-bond donors (Lipinski definition) is 2. The predicted octanol–water partition coefficient (Wildman–Crippen LogP) is 1.68. The van der Waals surface area contributed by atoms with Crippen LogP contribution in [0.2, 0.25) is 0 Å². The van der Waals surface area contributed by atoms with Gasteiger partial charge in [0.2, 0.25) is 0 Å². The van der Waals surface area contributed by atoms with Crippen LogP contribution in [0.25, 0.3) is 0 Å². The molecule has 1 saturated carbocycles. The number of urea groups is 1. The van der Waals surface area contributed by atoms with Crippen molar-refractivity contribution in [3.05, 3.63) is 0 Å². The van der Waals surface area contributed by atoms with Gasteiger partial charge in [0.1, 0.15) is 6.04 Å². The van der Waals surface area contributed by atoms with Crippen molar-refractivity contribution in [2.45, 2.75) is 52.6 Å². The molecule has 0 aliphatic heterocycles. The van der Waals surface area contributed by atoms with Gasteiger partial charge in [-0.05, 0) is 25.2 Å². The standard InChI is InChI=1S/C12H22N2O3/c1-5-14(8-6-7-8)11(17)13-9(10(15)16)12(2,3)4/h8-9H,5-7H2,1-4H3,(H,13,17)(H,15,16)/t9-/m0/s1. The summed E-state index contributed by atoms with van der Waals surface area (Å²) < 4.78 is 0. The number of nitrogens with zero attached hydrogens (tertiary/aromatic N) is 1. The number of carbonyl (C=O) groups excluding carboxylic acids is 1. The summed E-state index contributed by atoms with van der Waals surface area (Å²) in [6.45, 7) is 7.94. The summed E-state index contributed by atoms with van der Waals surface area (Å²) >= 11 is 0. The number of aliphatic carboxylic acids is 1. The van der Waals surface area contributed by atoms with Gasteiger partial charge in [0.05, 0.1) is 0 Å². The molecule has 0 spiro atoms. The van der Waals surface area contributed by atoms with Crippen LogP contribution < -0.4 is 5.32 Å². The van der Waals surface area contributed by atoms with Gasteiger partial charge in [-0.15, -0.1) is 0 Å². The Balaban J connectivity index is 2.66. The van der Waals surface area contributed by atoms with Crippen molar-refractivity contribution in [1.82, 2.24) is 10.2 Å². The van der Waals surface area contributed by atoms with Crippen molar-refractivity contribution in [3.63, 3.8) is 0 Å². The van der Waals surface area contributed by atoms with Gasteiger partial charge >= 0.3 is 12.0 Å². The fraction of sp³-hybridized carbons (Fsp3) is 0.833. The molecule has 0 bridgehead atoms. The summed E-state index contributed by atoms with van der Waals surface area (Å²) in [7, 11) is 0. The van der Waals surface area contributed by atoms with E-state index < -0.39 is 17.4 Å². The minimum Gasteiger partial charge on any atom is -0.480 e. The van der Waals surface area contributed by atoms with Gasteiger partial charge in [-0.1, -0.05) is 20.8 Å². The summed E-state index contributed by atoms with van der Waals surface area (Å²) in [4.78, 5) is 24.8. The highest BCUT2D eigenvalue weighted by atomic mass is 16.4. The van der Waals surface area contributed by atoms with Crippen molar-refractivity contribution >= 4 is 12.0 Å². The Hall–Kier alpha value is -1.26. The fourth-order valence-electron chi connectivity index (χ4n) is 1.81. The summed E-state index contributed by atoms with van der Waals surface area (Å²) in [6, 6.07) is -0.825. The van der Waals surface area contributed by atoms with Crippen LogP contribution in [0.15, 0.2) is 0 Å². The van der Waals surface area contributed by atoms with Crippen LogP contribution in [-0.2, 0) is 4.79 Å². The van der Waals surface area contributed by atoms with Crippen molar-refractivity contribution in [2.75, 3.05) is 6.54 Å². The van der Waals surface area contributed by atoms with E-state index in [0.717, 1.165) is 12.8 Å². The number of carboxylic acids is 1. The molecule has 0 heterocycles. The van der Waals surface area contributed by atoms with Crippen LogP contribution in [-0.4, -0.2) is 40.6 Å². The van der Waals surface area contributed by atoms with Crippen LogP contribution in [0, 0.1) is 5.41 Å². The van der Waals surface area contributed by atoms with Crippen molar-refractivity contribution < 1.29 is 14.7 Å². The minimum atomic E-state index is -0.988. The quantitative estimate of drug-likeness (QED) is 0.788. The third-order valence-electron chi connectivity index (χ3n) is 2.97. The number of amides is 2. The van der Waals surface area contributed by atoms with E-state index in [1.807, 2.05) is 6.92 Å². The normalized spacial score (nSPS) is 17.4. The molecule has 0 radical (unpaired) electrons. The first-order valence-corrected chi connectivity index (χ1v) is 6.07. The molecule has 0 aromatic heterocycles. The van der Waals surface area contributed by atoms with E-state index in [0.29, 0.717) is 12.6 Å². The zero-order valence-electron chi connectivity index (χ0n) is 11.0. The number of rotatable bonds is 4. The van der Waals surface area contributed by atoms with E-state index in [9.17, 15) is 9.59 Å². The third-order valence-corrected chi connectivity index (χ3v) is 2.97. The molecule has 98 valence electrons. The van der Waals surface area contributed by atoms with Crippen LogP contribution in [0.3, 0.4) is 0 Å². The first kappa shape index (κ1) is 13.8. The van der Waals surface area contributed by atoms with E-state index >= 15 is 0 Å². The molecule has 0 aromatic rings. The number of carbonyl (C=O) groups is 2. The second kappa shape index (κ2) is 4.94. The Kier molecular flexibility index (Phi) is 4.01. The topological polar surface area (TPSA) is 69.6 Å². The molecule has 1 atom stereocenters. The molecule has 2 amide bonds. The molecular formula is C12H22N2O3. The van der Waals surface area contributed by atoms with Crippen LogP contribution in [0.1, 0.15) is 40.5 Å². The fourth-order valence-corrected chi connectivity index (χ4v) is 1.81. The Morgan fingerprint density at radius 1 is 1.41 bits per heavy atom. The molecule has 1 fully saturated rings. The van der Waals surface area contributed by atoms with Gasteiger partial charge in [0, 0.05) is 12.6 Å². The summed E-state index contributed by atoms with van der Waals surface area (Å²) in [6.07, 6.45) is 2.04. The molecule has 5 heteroatoms. The maximum Gasteiger partial charge on any atom is 0.326 e. The molecule has 1 aliphatic rings. The maximum atomic E-state index is 12.0. The van der Waals surface area contributed by atoms with E-state index in [4.69, 9.17) is 5.11 Å². The molecule has 1 rings (SSSR count). The monoisotopic (exact) mass is 242 g/mol. The average molecular weight is 242 g/mol. The summed E-state index contributed by atoms with van der Waals surface area (Å²) in [5.41, 5.74) is -0.496. The van der Waals surface area contributed by atoms with E-state index in [2.05, 4.69) is 5.32 Å². The lowest BCUT2D eigenvalue weighted by molar-refractivity contribution is -0.142. The SMILES string of the molecule is CCN(C(=O)N[C@@H](C(=O)O)C(C)(C)C)C1CC1. The largest absolute Gasteiger partial charge is 0.480 e. The molecule has 0 saturated heterocycles. The average Bonchev–Trinajstić information content (AvgIpc) is 2.97. The second-order valence-electron chi connectivity index (χ2n) is 5.60. The van der Waals surface area contributed by atoms with Crippen molar-refractivity contribution in [2.24, 2.45) is 5.41 Å². The lowest BCUT2D eigenvalue weighted by Gasteiger charge is -2.30. The molecule has 2 N–H and O–H groups in total. The number of carboxylic acid groups (broad SMARTS) is 1. The zero-order valence-corrected chi connectivity index (χ0v) is 11.0. The molecule has 0 aromatic carbocycles. The zero-order chi connectivity index (χ0) is 13.2. The van der Waals surface area contributed by atoms with E-state index in [1.54, 1.807) is 25.7 Å². The minimum absolute atomic E-state index is 0.266. The highest BCUT2D eigenvalue weighted by molar-refractivity contribution is 5.83. The summed E-state index contributed by atoms with van der Waals surface area (Å²) in [5, 5.41) is 11.7. The van der Waals surface area contributed by atoms with Gasteiger partial charge in [-0.2, -0.15) is 0 Å². The Morgan fingerprint density at radius 2 is 1.94 bits per heavy atom. The molecule has 0 unspecified atom stereocenters. The smallest absolute Gasteiger partial charge is 0.326 e. The first-order valence-electron chi connectivity index (χ1n) is 6.07. The van der Waals surface area contributed by atoms with Gasteiger partial charge in [0.25, 0.3) is 0 Å². The predicted molar refractivity (Wildman–Crippen MR) is 64.8 cm³/mol. The number of nitrogens with one attached hydrogen (secondary N) is 1. The highest BCUT2D eigenvalue weighted by Gasteiger charge is 2.37. The Morgan fingerprint density at radius 3 is 2.24 bits per heavy atom. The second-order valence-corrected chi connectivity index (χ2v) is 5.60. The van der Waals surface area contributed by atoms with E-state index in [1.165, 1.54) is 0 Å². The van der Waals surface area contributed by atoms with Crippen molar-refractivity contribution in [3.8, 4) is 0 Å². The van der Waals surface area contributed by atoms with Crippen LogP contribution in [0.5, 0.6) is 0 Å². The van der Waals surface area contributed by atoms with Gasteiger partial charge < -0.3 is 15.3 Å². The molecule has 1 aliphatic carbocycles. The third kappa shape index (κ3) is 3.61. The lowest BCUT2D eigenvalue weighted by Crippen LogP contribution is -2.53. The Bertz CT molecular complexity index is 305. The molecule has 5 nitrogen and oxygen atoms in total. The maximum absolute atomic E-state index is 12.0. The lowest BCUT2D eigenvalue weighted by atomic mass is 9.87. The van der Waals surface area contributed by atoms with Crippen LogP contribution >= 0.6 is 0 Å². The molecule has 17 heavy (non-hydrogen) atoms. The van der Waals surface area contributed by atoms with Gasteiger partial charge in [-0.25, -0.2) is 9.59 Å². The van der Waals surface area contributed by atoms with Gasteiger partial charge in [-0.3, -0.25) is 0 Å².